The maximum Gasteiger partial charge on any atom is 0.316 e. The molecule has 0 saturated carbocycles. The van der Waals surface area contributed by atoms with Crippen molar-refractivity contribution in [2.75, 3.05) is 6.61 Å². The molecule has 1 aromatic carbocycles. The second-order valence-electron chi connectivity index (χ2n) is 3.24. The summed E-state index contributed by atoms with van der Waals surface area (Å²) in [6.45, 7) is 0.363. The Balaban J connectivity index is 2.20. The number of rotatable bonds is 2. The molecule has 3 heteroatoms. The van der Waals surface area contributed by atoms with Crippen molar-refractivity contribution in [1.82, 2.24) is 0 Å². The summed E-state index contributed by atoms with van der Waals surface area (Å²) < 4.78 is 4.75. The molecule has 0 aliphatic carbocycles. The number of cyclic esters (lactones) is 1. The molecule has 1 atom stereocenters. The molecule has 0 bridgehead atoms. The fourth-order valence-electron chi connectivity index (χ4n) is 1.54. The van der Waals surface area contributed by atoms with Gasteiger partial charge >= 0.3 is 5.97 Å². The molecule has 0 radical (unpaired) electrons. The monoisotopic (exact) mass is 190 g/mol. The lowest BCUT2D eigenvalue weighted by molar-refractivity contribution is -0.140. The van der Waals surface area contributed by atoms with Crippen LogP contribution in [0.3, 0.4) is 0 Å². The molecule has 0 N–H and O–H groups in total. The van der Waals surface area contributed by atoms with Crippen molar-refractivity contribution in [3.8, 4) is 0 Å². The Bertz CT molecular complexity index is 356. The summed E-state index contributed by atoms with van der Waals surface area (Å²) in [6.07, 6.45) is 0.507. The van der Waals surface area contributed by atoms with E-state index in [-0.39, 0.29) is 11.8 Å². The van der Waals surface area contributed by atoms with Crippen LogP contribution in [0.15, 0.2) is 30.3 Å². The van der Waals surface area contributed by atoms with Crippen LogP contribution >= 0.6 is 0 Å². The molecule has 1 heterocycles. The Morgan fingerprint density at radius 3 is 2.57 bits per heavy atom. The van der Waals surface area contributed by atoms with Crippen LogP contribution in [0.25, 0.3) is 0 Å². The van der Waals surface area contributed by atoms with Crippen LogP contribution in [-0.4, -0.2) is 18.4 Å². The highest BCUT2D eigenvalue weighted by Gasteiger charge is 2.33. The van der Waals surface area contributed by atoms with Gasteiger partial charge in [-0.3, -0.25) is 9.59 Å². The molecule has 1 aliphatic heterocycles. The Morgan fingerprint density at radius 1 is 1.29 bits per heavy atom. The summed E-state index contributed by atoms with van der Waals surface area (Å²) in [5.41, 5.74) is 0.580. The molecule has 0 unspecified atom stereocenters. The van der Waals surface area contributed by atoms with Gasteiger partial charge in [-0.05, 0) is 0 Å². The summed E-state index contributed by atoms with van der Waals surface area (Å²) in [4.78, 5) is 22.9. The zero-order valence-corrected chi connectivity index (χ0v) is 7.60. The molecule has 72 valence electrons. The molecular formula is C11H10O3. The van der Waals surface area contributed by atoms with Gasteiger partial charge in [0.2, 0.25) is 0 Å². The van der Waals surface area contributed by atoms with Crippen molar-refractivity contribution in [3.63, 3.8) is 0 Å². The van der Waals surface area contributed by atoms with Gasteiger partial charge in [0.15, 0.2) is 5.78 Å². The van der Waals surface area contributed by atoms with Crippen molar-refractivity contribution in [3.05, 3.63) is 35.9 Å². The van der Waals surface area contributed by atoms with Crippen LogP contribution in [0.2, 0.25) is 0 Å². The summed E-state index contributed by atoms with van der Waals surface area (Å²) in [5.74, 6) is -1.11. The molecule has 0 spiro atoms. The van der Waals surface area contributed by atoms with Crippen LogP contribution in [-0.2, 0) is 9.53 Å². The number of esters is 1. The first-order chi connectivity index (χ1) is 6.79. The Hall–Kier alpha value is -1.64. The van der Waals surface area contributed by atoms with Crippen LogP contribution in [0.1, 0.15) is 16.8 Å². The number of Topliss-reactive ketones (excluding diaryl/α,β-unsaturated/α-hetero) is 1. The Kier molecular flexibility index (Phi) is 2.31. The zero-order valence-electron chi connectivity index (χ0n) is 7.60. The molecule has 0 amide bonds. The topological polar surface area (TPSA) is 43.4 Å². The lowest BCUT2D eigenvalue weighted by Gasteiger charge is -2.03. The Morgan fingerprint density at radius 2 is 2.00 bits per heavy atom. The molecule has 14 heavy (non-hydrogen) atoms. The van der Waals surface area contributed by atoms with E-state index < -0.39 is 5.92 Å². The van der Waals surface area contributed by atoms with Gasteiger partial charge in [-0.2, -0.15) is 0 Å². The number of carbonyl (C=O) groups is 2. The predicted molar refractivity (Wildman–Crippen MR) is 49.8 cm³/mol. The van der Waals surface area contributed by atoms with E-state index in [1.807, 2.05) is 6.07 Å². The summed E-state index contributed by atoms with van der Waals surface area (Å²) in [7, 11) is 0. The molecule has 3 nitrogen and oxygen atoms in total. The number of hydrogen-bond acceptors (Lipinski definition) is 3. The standard InChI is InChI=1S/C11H10O3/c12-10(8-4-2-1-3-5-8)9-6-7-14-11(9)13/h1-5,9H,6-7H2/t9-/m0/s1. The highest BCUT2D eigenvalue weighted by molar-refractivity contribution is 6.09. The van der Waals surface area contributed by atoms with Gasteiger partial charge in [0, 0.05) is 12.0 Å². The van der Waals surface area contributed by atoms with Gasteiger partial charge in [-0.25, -0.2) is 0 Å². The number of hydrogen-bond donors (Lipinski definition) is 0. The summed E-state index contributed by atoms with van der Waals surface area (Å²) in [5, 5.41) is 0. The minimum atomic E-state index is -0.586. The molecule has 0 aromatic heterocycles. The van der Waals surface area contributed by atoms with Crippen molar-refractivity contribution >= 4 is 11.8 Å². The van der Waals surface area contributed by atoms with Crippen LogP contribution in [0, 0.1) is 5.92 Å². The van der Waals surface area contributed by atoms with Gasteiger partial charge in [0.1, 0.15) is 5.92 Å². The normalized spacial score (nSPS) is 20.6. The van der Waals surface area contributed by atoms with Gasteiger partial charge in [0.05, 0.1) is 6.61 Å². The van der Waals surface area contributed by atoms with E-state index in [0.717, 1.165) is 0 Å². The highest BCUT2D eigenvalue weighted by atomic mass is 16.5. The third kappa shape index (κ3) is 1.53. The van der Waals surface area contributed by atoms with E-state index in [9.17, 15) is 9.59 Å². The average molecular weight is 190 g/mol. The number of ketones is 1. The third-order valence-electron chi connectivity index (χ3n) is 2.31. The van der Waals surface area contributed by atoms with E-state index in [1.165, 1.54) is 0 Å². The first-order valence-corrected chi connectivity index (χ1v) is 4.55. The highest BCUT2D eigenvalue weighted by Crippen LogP contribution is 2.19. The first kappa shape index (κ1) is 8.94. The summed E-state index contributed by atoms with van der Waals surface area (Å²) in [6, 6.07) is 8.84. The fraction of sp³-hybridized carbons (Fsp3) is 0.273. The largest absolute Gasteiger partial charge is 0.465 e. The molecule has 1 aliphatic rings. The van der Waals surface area contributed by atoms with Gasteiger partial charge in [-0.15, -0.1) is 0 Å². The SMILES string of the molecule is O=C1OCC[C@H]1C(=O)c1ccccc1. The molecule has 1 aromatic rings. The predicted octanol–water partition coefficient (Wildman–Crippen LogP) is 1.43. The van der Waals surface area contributed by atoms with Crippen LogP contribution in [0.5, 0.6) is 0 Å². The number of carbonyl (C=O) groups excluding carboxylic acids is 2. The second-order valence-corrected chi connectivity index (χ2v) is 3.24. The molecular weight excluding hydrogens is 180 g/mol. The average Bonchev–Trinajstić information content (AvgIpc) is 2.65. The van der Waals surface area contributed by atoms with Crippen molar-refractivity contribution in [1.29, 1.82) is 0 Å². The molecule has 2 rings (SSSR count). The number of benzene rings is 1. The Labute approximate surface area is 81.7 Å². The van der Waals surface area contributed by atoms with Crippen molar-refractivity contribution < 1.29 is 14.3 Å². The van der Waals surface area contributed by atoms with E-state index in [0.29, 0.717) is 18.6 Å². The van der Waals surface area contributed by atoms with Gasteiger partial charge in [0.25, 0.3) is 0 Å². The lowest BCUT2D eigenvalue weighted by atomic mass is 9.97. The minimum Gasteiger partial charge on any atom is -0.465 e. The summed E-state index contributed by atoms with van der Waals surface area (Å²) >= 11 is 0. The third-order valence-corrected chi connectivity index (χ3v) is 2.31. The van der Waals surface area contributed by atoms with Crippen molar-refractivity contribution in [2.45, 2.75) is 6.42 Å². The van der Waals surface area contributed by atoms with Gasteiger partial charge < -0.3 is 4.74 Å². The van der Waals surface area contributed by atoms with E-state index in [2.05, 4.69) is 0 Å². The molecule has 1 saturated heterocycles. The lowest BCUT2D eigenvalue weighted by Crippen LogP contribution is -2.19. The van der Waals surface area contributed by atoms with Crippen LogP contribution < -0.4 is 0 Å². The van der Waals surface area contributed by atoms with Gasteiger partial charge in [-0.1, -0.05) is 30.3 Å². The van der Waals surface area contributed by atoms with E-state index >= 15 is 0 Å². The second kappa shape index (κ2) is 3.62. The molecule has 1 fully saturated rings. The first-order valence-electron chi connectivity index (χ1n) is 4.55. The van der Waals surface area contributed by atoms with Crippen molar-refractivity contribution in [2.24, 2.45) is 5.92 Å². The zero-order chi connectivity index (χ0) is 9.97. The maximum absolute atomic E-state index is 11.8. The fourth-order valence-corrected chi connectivity index (χ4v) is 1.54. The minimum absolute atomic E-state index is 0.131. The quantitative estimate of drug-likeness (QED) is 0.402. The smallest absolute Gasteiger partial charge is 0.316 e. The van der Waals surface area contributed by atoms with E-state index in [4.69, 9.17) is 4.74 Å². The maximum atomic E-state index is 11.8. The van der Waals surface area contributed by atoms with E-state index in [1.54, 1.807) is 24.3 Å². The number of ether oxygens (including phenoxy) is 1. The van der Waals surface area contributed by atoms with Crippen LogP contribution in [0.4, 0.5) is 0 Å².